The number of nitrogens with zero attached hydrogens (tertiary/aromatic N) is 1. The van der Waals surface area contributed by atoms with E-state index >= 15 is 0 Å². The van der Waals surface area contributed by atoms with Crippen LogP contribution in [0.25, 0.3) is 0 Å². The van der Waals surface area contributed by atoms with Crippen LogP contribution in [0, 0.1) is 12.8 Å². The molecule has 1 aliphatic carbocycles. The van der Waals surface area contributed by atoms with Crippen LogP contribution in [0.1, 0.15) is 38.7 Å². The largest absolute Gasteiger partial charge is 0.314 e. The smallest absolute Gasteiger partial charge is 0.243 e. The molecule has 0 aromatic heterocycles. The number of nitrogens with one attached hydrogen (secondary N) is 1. The summed E-state index contributed by atoms with van der Waals surface area (Å²) in [5.41, 5.74) is 2.18. The van der Waals surface area contributed by atoms with Crippen LogP contribution in [-0.2, 0) is 4.79 Å². The molecule has 0 spiro atoms. The Morgan fingerprint density at radius 2 is 2.15 bits per heavy atom. The van der Waals surface area contributed by atoms with Crippen molar-refractivity contribution in [3.8, 4) is 0 Å². The van der Waals surface area contributed by atoms with Gasteiger partial charge in [-0.3, -0.25) is 4.79 Å². The van der Waals surface area contributed by atoms with Gasteiger partial charge in [0.25, 0.3) is 0 Å². The maximum Gasteiger partial charge on any atom is 0.243 e. The van der Waals surface area contributed by atoms with E-state index in [1.807, 2.05) is 19.2 Å². The first-order valence-electron chi connectivity index (χ1n) is 7.25. The van der Waals surface area contributed by atoms with Gasteiger partial charge in [-0.15, -0.1) is 0 Å². The lowest BCUT2D eigenvalue weighted by atomic mass is 10.0. The molecule has 110 valence electrons. The molecule has 0 radical (unpaired) electrons. The van der Waals surface area contributed by atoms with E-state index < -0.39 is 0 Å². The highest BCUT2D eigenvalue weighted by atomic mass is 16.2. The van der Waals surface area contributed by atoms with E-state index in [1.54, 1.807) is 4.90 Å². The quantitative estimate of drug-likeness (QED) is 0.898. The fourth-order valence-corrected chi connectivity index (χ4v) is 3.54. The average Bonchev–Trinajstić information content (AvgIpc) is 2.97. The molecule has 1 N–H and O–H groups in total. The van der Waals surface area contributed by atoms with Gasteiger partial charge in [-0.1, -0.05) is 26.0 Å². The van der Waals surface area contributed by atoms with Crippen molar-refractivity contribution in [1.82, 2.24) is 5.32 Å². The summed E-state index contributed by atoms with van der Waals surface area (Å²) in [6, 6.07) is 8.72. The third-order valence-corrected chi connectivity index (χ3v) is 4.63. The first kappa shape index (κ1) is 15.0. The summed E-state index contributed by atoms with van der Waals surface area (Å²) in [5, 5.41) is 3.53. The van der Waals surface area contributed by atoms with Crippen LogP contribution in [0.5, 0.6) is 0 Å². The van der Waals surface area contributed by atoms with Gasteiger partial charge in [0.05, 0.1) is 6.04 Å². The van der Waals surface area contributed by atoms with Gasteiger partial charge in [0.1, 0.15) is 0 Å². The van der Waals surface area contributed by atoms with Gasteiger partial charge in [-0.25, -0.2) is 0 Å². The Morgan fingerprint density at radius 3 is 2.85 bits per heavy atom. The van der Waals surface area contributed by atoms with E-state index in [0.717, 1.165) is 18.0 Å². The molecular formula is C17H26N2O. The van der Waals surface area contributed by atoms with Crippen LogP contribution in [0.15, 0.2) is 24.3 Å². The number of likely N-dealkylation sites (N-methyl/N-ethyl adjacent to an activating group) is 1. The predicted molar refractivity (Wildman–Crippen MR) is 84.0 cm³/mol. The van der Waals surface area contributed by atoms with Crippen molar-refractivity contribution in [2.45, 2.75) is 52.1 Å². The first-order chi connectivity index (χ1) is 9.15. The molecule has 3 nitrogen and oxygen atoms in total. The van der Waals surface area contributed by atoms with Crippen LogP contribution in [0.3, 0.4) is 0 Å². The SMILES string of the molecule is C.Cc1cccc(N(C)C(=O)C2CC3CCCC3N2)c1. The molecule has 3 unspecified atom stereocenters. The van der Waals surface area contributed by atoms with E-state index in [4.69, 9.17) is 0 Å². The molecule has 1 aliphatic heterocycles. The number of carbonyl (C=O) groups excluding carboxylic acids is 1. The van der Waals surface area contributed by atoms with Gasteiger partial charge >= 0.3 is 0 Å². The van der Waals surface area contributed by atoms with Gasteiger partial charge < -0.3 is 10.2 Å². The first-order valence-corrected chi connectivity index (χ1v) is 7.25. The zero-order valence-corrected chi connectivity index (χ0v) is 11.7. The van der Waals surface area contributed by atoms with Crippen LogP contribution in [0.4, 0.5) is 5.69 Å². The van der Waals surface area contributed by atoms with E-state index in [2.05, 4.69) is 24.4 Å². The number of anilines is 1. The van der Waals surface area contributed by atoms with Crippen molar-refractivity contribution in [1.29, 1.82) is 0 Å². The highest BCUT2D eigenvalue weighted by molar-refractivity contribution is 5.97. The Labute approximate surface area is 122 Å². The molecule has 1 saturated carbocycles. The monoisotopic (exact) mass is 274 g/mol. The molecule has 2 fully saturated rings. The Hall–Kier alpha value is -1.35. The van der Waals surface area contributed by atoms with Crippen molar-refractivity contribution in [2.24, 2.45) is 5.92 Å². The third kappa shape index (κ3) is 2.73. The summed E-state index contributed by atoms with van der Waals surface area (Å²) in [6.07, 6.45) is 4.86. The number of benzene rings is 1. The maximum atomic E-state index is 12.6. The van der Waals surface area contributed by atoms with Crippen LogP contribution < -0.4 is 10.2 Å². The van der Waals surface area contributed by atoms with Gasteiger partial charge in [0.2, 0.25) is 5.91 Å². The molecule has 20 heavy (non-hydrogen) atoms. The van der Waals surface area contributed by atoms with Crippen LogP contribution >= 0.6 is 0 Å². The van der Waals surface area contributed by atoms with Crippen molar-refractivity contribution < 1.29 is 4.79 Å². The third-order valence-electron chi connectivity index (χ3n) is 4.63. The molecule has 1 heterocycles. The Kier molecular flexibility index (Phi) is 4.48. The Balaban J connectivity index is 0.00000147. The summed E-state index contributed by atoms with van der Waals surface area (Å²) in [4.78, 5) is 14.3. The highest BCUT2D eigenvalue weighted by Gasteiger charge is 2.40. The van der Waals surface area contributed by atoms with Crippen molar-refractivity contribution in [2.75, 3.05) is 11.9 Å². The lowest BCUT2D eigenvalue weighted by Crippen LogP contribution is -2.43. The Morgan fingerprint density at radius 1 is 1.35 bits per heavy atom. The fraction of sp³-hybridized carbons (Fsp3) is 0.588. The molecule has 1 aromatic rings. The molecular weight excluding hydrogens is 248 g/mol. The van der Waals surface area contributed by atoms with E-state index in [0.29, 0.717) is 6.04 Å². The van der Waals surface area contributed by atoms with Crippen molar-refractivity contribution in [3.63, 3.8) is 0 Å². The summed E-state index contributed by atoms with van der Waals surface area (Å²) < 4.78 is 0. The lowest BCUT2D eigenvalue weighted by molar-refractivity contribution is -0.120. The van der Waals surface area contributed by atoms with Crippen molar-refractivity contribution in [3.05, 3.63) is 29.8 Å². The second kappa shape index (κ2) is 5.96. The number of amides is 1. The van der Waals surface area contributed by atoms with Crippen molar-refractivity contribution >= 4 is 11.6 Å². The minimum absolute atomic E-state index is 0. The van der Waals surface area contributed by atoms with Gasteiger partial charge in [-0.2, -0.15) is 0 Å². The number of rotatable bonds is 2. The maximum absolute atomic E-state index is 12.6. The second-order valence-corrected chi connectivity index (χ2v) is 5.99. The number of hydrogen-bond acceptors (Lipinski definition) is 2. The fourth-order valence-electron chi connectivity index (χ4n) is 3.54. The molecule has 1 amide bonds. The van der Waals surface area contributed by atoms with Crippen LogP contribution in [-0.4, -0.2) is 25.0 Å². The topological polar surface area (TPSA) is 32.3 Å². The van der Waals surface area contributed by atoms with E-state index in [9.17, 15) is 4.79 Å². The number of fused-ring (bicyclic) bond motifs is 1. The van der Waals surface area contributed by atoms with E-state index in [-0.39, 0.29) is 19.4 Å². The van der Waals surface area contributed by atoms with Gasteiger partial charge in [-0.05, 0) is 49.8 Å². The normalized spacial score (nSPS) is 27.8. The number of carbonyl (C=O) groups is 1. The minimum Gasteiger partial charge on any atom is -0.314 e. The number of aryl methyl sites for hydroxylation is 1. The second-order valence-electron chi connectivity index (χ2n) is 5.99. The predicted octanol–water partition coefficient (Wildman–Crippen LogP) is 3.12. The standard InChI is InChI=1S/C16H22N2O.CH4/c1-11-5-3-7-13(9-11)18(2)16(19)15-10-12-6-4-8-14(12)17-15;/h3,5,7,9,12,14-15,17H,4,6,8,10H2,1-2H3;1H4. The minimum atomic E-state index is 0. The molecule has 3 heteroatoms. The average molecular weight is 274 g/mol. The summed E-state index contributed by atoms with van der Waals surface area (Å²) in [6.45, 7) is 2.06. The Bertz CT molecular complexity index is 474. The molecule has 3 atom stereocenters. The summed E-state index contributed by atoms with van der Waals surface area (Å²) in [5.74, 6) is 0.930. The molecule has 1 aromatic carbocycles. The molecule has 1 saturated heterocycles. The summed E-state index contributed by atoms with van der Waals surface area (Å²) >= 11 is 0. The number of hydrogen-bond donors (Lipinski definition) is 1. The summed E-state index contributed by atoms with van der Waals surface area (Å²) in [7, 11) is 1.88. The van der Waals surface area contributed by atoms with Gasteiger partial charge in [0.15, 0.2) is 0 Å². The highest BCUT2D eigenvalue weighted by Crippen LogP contribution is 2.35. The molecule has 3 rings (SSSR count). The van der Waals surface area contributed by atoms with Gasteiger partial charge in [0, 0.05) is 18.8 Å². The zero-order valence-electron chi connectivity index (χ0n) is 11.7. The van der Waals surface area contributed by atoms with E-state index in [1.165, 1.54) is 24.8 Å². The lowest BCUT2D eigenvalue weighted by Gasteiger charge is -2.22. The zero-order chi connectivity index (χ0) is 13.4. The van der Waals surface area contributed by atoms with Crippen LogP contribution in [0.2, 0.25) is 0 Å². The molecule has 0 bridgehead atoms. The molecule has 2 aliphatic rings.